The van der Waals surface area contributed by atoms with Crippen LogP contribution >= 0.6 is 0 Å². The van der Waals surface area contributed by atoms with Gasteiger partial charge in [0.2, 0.25) is 0 Å². The lowest BCUT2D eigenvalue weighted by atomic mass is 10.1. The lowest BCUT2D eigenvalue weighted by Gasteiger charge is -2.26. The number of nitrogens with zero attached hydrogens (tertiary/aromatic N) is 3. The van der Waals surface area contributed by atoms with Gasteiger partial charge in [-0.2, -0.15) is 0 Å². The van der Waals surface area contributed by atoms with E-state index in [2.05, 4.69) is 24.1 Å². The Bertz CT molecular complexity index is 589. The number of hydrogen-bond donors (Lipinski definition) is 1. The summed E-state index contributed by atoms with van der Waals surface area (Å²) < 4.78 is 0. The molecule has 0 bridgehead atoms. The molecule has 24 heavy (non-hydrogen) atoms. The van der Waals surface area contributed by atoms with E-state index in [9.17, 15) is 14.9 Å². The summed E-state index contributed by atoms with van der Waals surface area (Å²) in [5, 5.41) is 13.8. The highest BCUT2D eigenvalue weighted by molar-refractivity contribution is 5.75. The van der Waals surface area contributed by atoms with Crippen molar-refractivity contribution in [1.29, 1.82) is 0 Å². The number of carbonyl (C=O) groups excluding carboxylic acids is 1. The highest BCUT2D eigenvalue weighted by atomic mass is 16.6. The van der Waals surface area contributed by atoms with E-state index in [1.807, 2.05) is 11.8 Å². The largest absolute Gasteiger partial charge is 0.331 e. The van der Waals surface area contributed by atoms with Crippen molar-refractivity contribution in [3.05, 3.63) is 39.9 Å². The molecule has 0 radical (unpaired) electrons. The lowest BCUT2D eigenvalue weighted by Crippen LogP contribution is -2.42. The first-order chi connectivity index (χ1) is 11.5. The standard InChI is InChI=1S/C17H26N4O3/c1-4-19(5-2)16-9-10-20(12-16)17(22)18-13(3)14-7-6-8-15(11-14)21(23)24/h6-8,11,13,16H,4-5,9-10,12H2,1-3H3,(H,18,22). The lowest BCUT2D eigenvalue weighted by molar-refractivity contribution is -0.384. The Morgan fingerprint density at radius 1 is 1.46 bits per heavy atom. The van der Waals surface area contributed by atoms with E-state index in [-0.39, 0.29) is 17.8 Å². The average Bonchev–Trinajstić information content (AvgIpc) is 3.06. The molecule has 7 nitrogen and oxygen atoms in total. The third-order valence-electron chi connectivity index (χ3n) is 4.70. The zero-order valence-electron chi connectivity index (χ0n) is 14.6. The number of non-ortho nitro benzene ring substituents is 1. The first-order valence-electron chi connectivity index (χ1n) is 8.50. The molecule has 0 spiro atoms. The molecular weight excluding hydrogens is 308 g/mol. The minimum absolute atomic E-state index is 0.0383. The third-order valence-corrected chi connectivity index (χ3v) is 4.70. The molecule has 0 aromatic heterocycles. The molecule has 0 saturated carbocycles. The van der Waals surface area contributed by atoms with Crippen LogP contribution in [0.3, 0.4) is 0 Å². The van der Waals surface area contributed by atoms with Gasteiger partial charge < -0.3 is 10.2 Å². The number of likely N-dealkylation sites (tertiary alicyclic amines) is 1. The molecule has 1 saturated heterocycles. The highest BCUT2D eigenvalue weighted by Gasteiger charge is 2.29. The average molecular weight is 334 g/mol. The maximum Gasteiger partial charge on any atom is 0.317 e. The SMILES string of the molecule is CCN(CC)C1CCN(C(=O)NC(C)c2cccc([N+](=O)[O-])c2)C1. The molecule has 7 heteroatoms. The van der Waals surface area contributed by atoms with Gasteiger partial charge >= 0.3 is 6.03 Å². The van der Waals surface area contributed by atoms with E-state index < -0.39 is 4.92 Å². The van der Waals surface area contributed by atoms with Crippen molar-refractivity contribution in [3.8, 4) is 0 Å². The van der Waals surface area contributed by atoms with Crippen molar-refractivity contribution in [2.75, 3.05) is 26.2 Å². The molecule has 1 aliphatic heterocycles. The van der Waals surface area contributed by atoms with Gasteiger partial charge in [-0.05, 0) is 32.0 Å². The zero-order valence-corrected chi connectivity index (χ0v) is 14.6. The maximum atomic E-state index is 12.5. The number of hydrogen-bond acceptors (Lipinski definition) is 4. The summed E-state index contributed by atoms with van der Waals surface area (Å²) in [5.74, 6) is 0. The van der Waals surface area contributed by atoms with Gasteiger partial charge in [0.1, 0.15) is 0 Å². The van der Waals surface area contributed by atoms with Crippen molar-refractivity contribution in [3.63, 3.8) is 0 Å². The van der Waals surface area contributed by atoms with Crippen molar-refractivity contribution in [1.82, 2.24) is 15.1 Å². The number of likely N-dealkylation sites (N-methyl/N-ethyl adjacent to an activating group) is 1. The number of urea groups is 1. The zero-order chi connectivity index (χ0) is 17.7. The van der Waals surface area contributed by atoms with Gasteiger partial charge in [-0.3, -0.25) is 15.0 Å². The van der Waals surface area contributed by atoms with Crippen LogP contribution in [0.1, 0.15) is 38.8 Å². The topological polar surface area (TPSA) is 78.7 Å². The van der Waals surface area contributed by atoms with Gasteiger partial charge in [-0.15, -0.1) is 0 Å². The molecule has 1 fully saturated rings. The van der Waals surface area contributed by atoms with Gasteiger partial charge in [-0.25, -0.2) is 4.79 Å². The van der Waals surface area contributed by atoms with Gasteiger partial charge in [0.05, 0.1) is 11.0 Å². The van der Waals surface area contributed by atoms with Crippen LogP contribution in [0.15, 0.2) is 24.3 Å². The number of nitrogens with one attached hydrogen (secondary N) is 1. The monoisotopic (exact) mass is 334 g/mol. The summed E-state index contributed by atoms with van der Waals surface area (Å²) in [4.78, 5) is 27.1. The second kappa shape index (κ2) is 8.10. The minimum Gasteiger partial charge on any atom is -0.331 e. The van der Waals surface area contributed by atoms with Crippen LogP contribution in [0, 0.1) is 10.1 Å². The first-order valence-corrected chi connectivity index (χ1v) is 8.50. The number of benzene rings is 1. The van der Waals surface area contributed by atoms with E-state index >= 15 is 0 Å². The smallest absolute Gasteiger partial charge is 0.317 e. The molecular formula is C17H26N4O3. The Balaban J connectivity index is 1.95. The van der Waals surface area contributed by atoms with Crippen LogP contribution in [-0.2, 0) is 0 Å². The molecule has 1 heterocycles. The Morgan fingerprint density at radius 3 is 2.79 bits per heavy atom. The number of carbonyl (C=O) groups is 1. The Morgan fingerprint density at radius 2 is 2.17 bits per heavy atom. The molecule has 1 aromatic rings. The maximum absolute atomic E-state index is 12.5. The fraction of sp³-hybridized carbons (Fsp3) is 0.588. The van der Waals surface area contributed by atoms with Crippen LogP contribution < -0.4 is 5.32 Å². The molecule has 1 aromatic carbocycles. The minimum atomic E-state index is -0.423. The molecule has 2 unspecified atom stereocenters. The number of nitro benzene ring substituents is 1. The van der Waals surface area contributed by atoms with Gasteiger partial charge in [0, 0.05) is 31.3 Å². The van der Waals surface area contributed by atoms with Crippen molar-refractivity contribution < 1.29 is 9.72 Å². The molecule has 2 rings (SSSR count). The molecule has 0 aliphatic carbocycles. The Labute approximate surface area is 142 Å². The summed E-state index contributed by atoms with van der Waals surface area (Å²) >= 11 is 0. The van der Waals surface area contributed by atoms with Crippen LogP contribution in [0.25, 0.3) is 0 Å². The van der Waals surface area contributed by atoms with Crippen LogP contribution in [0.4, 0.5) is 10.5 Å². The molecule has 132 valence electrons. The predicted octanol–water partition coefficient (Wildman–Crippen LogP) is 2.78. The summed E-state index contributed by atoms with van der Waals surface area (Å²) in [7, 11) is 0. The summed E-state index contributed by atoms with van der Waals surface area (Å²) in [6, 6.07) is 6.43. The van der Waals surface area contributed by atoms with E-state index in [0.717, 1.165) is 38.2 Å². The fourth-order valence-electron chi connectivity index (χ4n) is 3.23. The van der Waals surface area contributed by atoms with E-state index in [1.165, 1.54) is 12.1 Å². The van der Waals surface area contributed by atoms with E-state index in [0.29, 0.717) is 6.04 Å². The number of nitro groups is 1. The second-order valence-corrected chi connectivity index (χ2v) is 6.13. The van der Waals surface area contributed by atoms with Crippen molar-refractivity contribution >= 4 is 11.7 Å². The van der Waals surface area contributed by atoms with Crippen LogP contribution in [-0.4, -0.2) is 53.0 Å². The number of rotatable bonds is 6. The first kappa shape index (κ1) is 18.2. The highest BCUT2D eigenvalue weighted by Crippen LogP contribution is 2.20. The fourth-order valence-corrected chi connectivity index (χ4v) is 3.23. The van der Waals surface area contributed by atoms with E-state index in [1.54, 1.807) is 12.1 Å². The van der Waals surface area contributed by atoms with E-state index in [4.69, 9.17) is 0 Å². The molecule has 1 aliphatic rings. The van der Waals surface area contributed by atoms with Crippen LogP contribution in [0.2, 0.25) is 0 Å². The van der Waals surface area contributed by atoms with Gasteiger partial charge in [0.25, 0.3) is 5.69 Å². The summed E-state index contributed by atoms with van der Waals surface area (Å²) in [6.07, 6.45) is 0.986. The van der Waals surface area contributed by atoms with Crippen molar-refractivity contribution in [2.24, 2.45) is 0 Å². The number of amides is 2. The molecule has 1 N–H and O–H groups in total. The Kier molecular flexibility index (Phi) is 6.14. The normalized spacial score (nSPS) is 18.7. The van der Waals surface area contributed by atoms with Gasteiger partial charge in [-0.1, -0.05) is 26.0 Å². The summed E-state index contributed by atoms with van der Waals surface area (Å²) in [6.45, 7) is 9.56. The quantitative estimate of drug-likeness (QED) is 0.641. The van der Waals surface area contributed by atoms with Crippen LogP contribution in [0.5, 0.6) is 0 Å². The molecule has 2 atom stereocenters. The Hall–Kier alpha value is -2.15. The summed E-state index contributed by atoms with van der Waals surface area (Å²) in [5.41, 5.74) is 0.772. The third kappa shape index (κ3) is 4.23. The predicted molar refractivity (Wildman–Crippen MR) is 92.9 cm³/mol. The van der Waals surface area contributed by atoms with Crippen molar-refractivity contribution in [2.45, 2.75) is 39.3 Å². The molecule has 2 amide bonds. The van der Waals surface area contributed by atoms with Gasteiger partial charge in [0.15, 0.2) is 0 Å². The second-order valence-electron chi connectivity index (χ2n) is 6.13.